The first kappa shape index (κ1) is 12.0. The minimum Gasteiger partial charge on any atom is -0.456 e. The Morgan fingerprint density at radius 3 is 1.77 bits per heavy atom. The van der Waals surface area contributed by atoms with E-state index in [-0.39, 0.29) is 0 Å². The number of hydrogen-bond acceptors (Lipinski definition) is 2. The maximum Gasteiger partial charge on any atom is 0.422 e. The summed E-state index contributed by atoms with van der Waals surface area (Å²) >= 11 is 0. The van der Waals surface area contributed by atoms with Crippen molar-refractivity contribution in [2.24, 2.45) is 0 Å². The molecule has 0 aromatic rings. The number of esters is 1. The van der Waals surface area contributed by atoms with Crippen LogP contribution in [0.3, 0.4) is 0 Å². The highest BCUT2D eigenvalue weighted by molar-refractivity contribution is 5.70. The monoisotopic (exact) mass is 210 g/mol. The van der Waals surface area contributed by atoms with Crippen molar-refractivity contribution in [2.75, 3.05) is 6.61 Å². The van der Waals surface area contributed by atoms with Crippen LogP contribution in [0.1, 0.15) is 6.42 Å². The summed E-state index contributed by atoms with van der Waals surface area (Å²) in [5, 5.41) is 0. The SMILES string of the molecule is O=C(CC(F)(F)F)OCC(F)(F)F. The molecule has 13 heavy (non-hydrogen) atoms. The number of alkyl halides is 6. The lowest BCUT2D eigenvalue weighted by Crippen LogP contribution is -2.23. The topological polar surface area (TPSA) is 26.3 Å². The predicted octanol–water partition coefficient (Wildman–Crippen LogP) is 2.04. The Labute approximate surface area is 68.5 Å². The molecule has 78 valence electrons. The third kappa shape index (κ3) is 8.96. The third-order valence-corrected chi connectivity index (χ3v) is 0.742. The van der Waals surface area contributed by atoms with E-state index >= 15 is 0 Å². The molecule has 0 aliphatic rings. The molecular formula is C5H4F6O2. The molecule has 0 heterocycles. The summed E-state index contributed by atoms with van der Waals surface area (Å²) < 4.78 is 71.2. The van der Waals surface area contributed by atoms with E-state index in [1.165, 1.54) is 0 Å². The number of carbonyl (C=O) groups excluding carboxylic acids is 1. The highest BCUT2D eigenvalue weighted by Crippen LogP contribution is 2.21. The Hall–Kier alpha value is -0.950. The van der Waals surface area contributed by atoms with Crippen LogP contribution in [0.25, 0.3) is 0 Å². The van der Waals surface area contributed by atoms with E-state index in [0.29, 0.717) is 0 Å². The zero-order chi connectivity index (χ0) is 10.7. The van der Waals surface area contributed by atoms with Gasteiger partial charge in [0, 0.05) is 0 Å². The lowest BCUT2D eigenvalue weighted by molar-refractivity contribution is -0.198. The maximum absolute atomic E-state index is 11.3. The summed E-state index contributed by atoms with van der Waals surface area (Å²) in [5.41, 5.74) is 0. The smallest absolute Gasteiger partial charge is 0.422 e. The van der Waals surface area contributed by atoms with Gasteiger partial charge in [0.1, 0.15) is 6.42 Å². The maximum atomic E-state index is 11.3. The molecule has 8 heteroatoms. The minimum absolute atomic E-state index is 1.94. The highest BCUT2D eigenvalue weighted by atomic mass is 19.4. The normalized spacial score (nSPS) is 12.8. The van der Waals surface area contributed by atoms with Gasteiger partial charge in [-0.25, -0.2) is 0 Å². The van der Waals surface area contributed by atoms with Gasteiger partial charge in [0.05, 0.1) is 0 Å². The second kappa shape index (κ2) is 3.84. The van der Waals surface area contributed by atoms with Crippen molar-refractivity contribution >= 4 is 5.97 Å². The molecule has 2 nitrogen and oxygen atoms in total. The fraction of sp³-hybridized carbons (Fsp3) is 0.800. The van der Waals surface area contributed by atoms with Gasteiger partial charge in [0.25, 0.3) is 0 Å². The van der Waals surface area contributed by atoms with Crippen LogP contribution in [0.5, 0.6) is 0 Å². The third-order valence-electron chi connectivity index (χ3n) is 0.742. The Balaban J connectivity index is 3.78. The molecule has 0 unspecified atom stereocenters. The zero-order valence-electron chi connectivity index (χ0n) is 6.00. The Morgan fingerprint density at radius 2 is 1.46 bits per heavy atom. The summed E-state index contributed by atoms with van der Waals surface area (Å²) in [5.74, 6) is -1.94. The fourth-order valence-electron chi connectivity index (χ4n) is 0.377. The molecule has 0 aliphatic heterocycles. The molecule has 0 aromatic carbocycles. The highest BCUT2D eigenvalue weighted by Gasteiger charge is 2.35. The van der Waals surface area contributed by atoms with E-state index in [2.05, 4.69) is 4.74 Å². The average Bonchev–Trinajstić information content (AvgIpc) is 1.78. The molecule has 0 rings (SSSR count). The van der Waals surface area contributed by atoms with Crippen LogP contribution >= 0.6 is 0 Å². The van der Waals surface area contributed by atoms with Gasteiger partial charge < -0.3 is 4.74 Å². The Kier molecular flexibility index (Phi) is 3.56. The molecule has 0 saturated heterocycles. The van der Waals surface area contributed by atoms with Gasteiger partial charge >= 0.3 is 18.3 Å². The van der Waals surface area contributed by atoms with Gasteiger partial charge in [-0.05, 0) is 0 Å². The lowest BCUT2D eigenvalue weighted by Gasteiger charge is -2.08. The van der Waals surface area contributed by atoms with E-state index in [4.69, 9.17) is 0 Å². The lowest BCUT2D eigenvalue weighted by atomic mass is 10.4. The first-order chi connectivity index (χ1) is 5.60. The van der Waals surface area contributed by atoms with Gasteiger partial charge in [-0.1, -0.05) is 0 Å². The predicted molar refractivity (Wildman–Crippen MR) is 27.7 cm³/mol. The van der Waals surface area contributed by atoms with Crippen LogP contribution in [0.4, 0.5) is 26.3 Å². The number of carbonyl (C=O) groups is 1. The number of rotatable bonds is 2. The van der Waals surface area contributed by atoms with Crippen molar-refractivity contribution in [1.82, 2.24) is 0 Å². The molecule has 0 amide bonds. The van der Waals surface area contributed by atoms with Crippen LogP contribution in [-0.4, -0.2) is 24.9 Å². The van der Waals surface area contributed by atoms with E-state index < -0.39 is 31.3 Å². The number of ether oxygens (including phenoxy) is 1. The van der Waals surface area contributed by atoms with Crippen LogP contribution in [0.15, 0.2) is 0 Å². The van der Waals surface area contributed by atoms with E-state index in [1.54, 1.807) is 0 Å². The van der Waals surface area contributed by atoms with Gasteiger partial charge in [0.15, 0.2) is 6.61 Å². The summed E-state index contributed by atoms with van der Waals surface area (Å²) in [4.78, 5) is 10.1. The first-order valence-electron chi connectivity index (χ1n) is 2.89. The van der Waals surface area contributed by atoms with Crippen LogP contribution in [-0.2, 0) is 9.53 Å². The standard InChI is InChI=1S/C5H4F6O2/c6-4(7,8)1-3(12)13-2-5(9,10)11/h1-2H2. The first-order valence-corrected chi connectivity index (χ1v) is 2.89. The van der Waals surface area contributed by atoms with Crippen molar-refractivity contribution in [3.8, 4) is 0 Å². The molecule has 0 aromatic heterocycles. The number of hydrogen-bond donors (Lipinski definition) is 0. The van der Waals surface area contributed by atoms with E-state index in [9.17, 15) is 31.1 Å². The van der Waals surface area contributed by atoms with Crippen molar-refractivity contribution in [3.05, 3.63) is 0 Å². The Morgan fingerprint density at radius 1 is 1.00 bits per heavy atom. The molecule has 0 fully saturated rings. The molecule has 0 N–H and O–H groups in total. The molecule has 0 radical (unpaired) electrons. The summed E-state index contributed by atoms with van der Waals surface area (Å²) in [6, 6.07) is 0. The summed E-state index contributed by atoms with van der Waals surface area (Å²) in [6.45, 7) is -2.00. The van der Waals surface area contributed by atoms with E-state index in [0.717, 1.165) is 0 Å². The van der Waals surface area contributed by atoms with E-state index in [1.807, 2.05) is 0 Å². The summed E-state index contributed by atoms with van der Waals surface area (Å²) in [6.07, 6.45) is -11.7. The Bertz CT molecular complexity index is 180. The van der Waals surface area contributed by atoms with Gasteiger partial charge in [-0.15, -0.1) is 0 Å². The van der Waals surface area contributed by atoms with Gasteiger partial charge in [0.2, 0.25) is 0 Å². The molecule has 0 atom stereocenters. The second-order valence-corrected chi connectivity index (χ2v) is 2.07. The van der Waals surface area contributed by atoms with Crippen LogP contribution < -0.4 is 0 Å². The zero-order valence-corrected chi connectivity index (χ0v) is 6.00. The molecule has 0 bridgehead atoms. The average molecular weight is 210 g/mol. The second-order valence-electron chi connectivity index (χ2n) is 2.07. The van der Waals surface area contributed by atoms with Crippen molar-refractivity contribution < 1.29 is 35.9 Å². The number of halogens is 6. The largest absolute Gasteiger partial charge is 0.456 e. The van der Waals surface area contributed by atoms with Crippen molar-refractivity contribution in [3.63, 3.8) is 0 Å². The molecule has 0 aliphatic carbocycles. The van der Waals surface area contributed by atoms with Crippen molar-refractivity contribution in [1.29, 1.82) is 0 Å². The summed E-state index contributed by atoms with van der Waals surface area (Å²) in [7, 11) is 0. The fourth-order valence-corrected chi connectivity index (χ4v) is 0.377. The van der Waals surface area contributed by atoms with Crippen molar-refractivity contribution in [2.45, 2.75) is 18.8 Å². The quantitative estimate of drug-likeness (QED) is 0.515. The van der Waals surface area contributed by atoms with Crippen LogP contribution in [0, 0.1) is 0 Å². The molecule has 0 spiro atoms. The minimum atomic E-state index is -4.84. The molecular weight excluding hydrogens is 206 g/mol. The van der Waals surface area contributed by atoms with Gasteiger partial charge in [-0.3, -0.25) is 4.79 Å². The van der Waals surface area contributed by atoms with Gasteiger partial charge in [-0.2, -0.15) is 26.3 Å². The van der Waals surface area contributed by atoms with Crippen LogP contribution in [0.2, 0.25) is 0 Å². The molecule has 0 saturated carbocycles.